The first-order valence-electron chi connectivity index (χ1n) is 21.4. The Hall–Kier alpha value is -8.14. The largest absolute Gasteiger partial charge is 0.309 e. The summed E-state index contributed by atoms with van der Waals surface area (Å²) in [7, 11) is 0. The first kappa shape index (κ1) is 40.3. The Balaban J connectivity index is 0.902. The molecule has 3 heteroatoms. The van der Waals surface area contributed by atoms with Crippen LogP contribution in [0, 0.1) is 0 Å². The summed E-state index contributed by atoms with van der Waals surface area (Å²) < 4.78 is 2.35. The highest BCUT2D eigenvalue weighted by molar-refractivity contribution is 6.13. The Bertz CT molecular complexity index is 3140. The van der Waals surface area contributed by atoms with Gasteiger partial charge in [0.15, 0.2) is 5.84 Å². The molecule has 9 aromatic rings. The van der Waals surface area contributed by atoms with Crippen LogP contribution in [0.1, 0.15) is 41.7 Å². The summed E-state index contributed by atoms with van der Waals surface area (Å²) in [6, 6.07) is 72.2. The predicted octanol–water partition coefficient (Wildman–Crippen LogP) is 15.7. The Morgan fingerprint density at radius 2 is 1.03 bits per heavy atom. The minimum absolute atomic E-state index is 0.621. The predicted molar refractivity (Wildman–Crippen MR) is 271 cm³/mol. The van der Waals surface area contributed by atoms with Gasteiger partial charge in [-0.05, 0) is 88.7 Å². The van der Waals surface area contributed by atoms with E-state index >= 15 is 0 Å². The van der Waals surface area contributed by atoms with Crippen LogP contribution in [0.3, 0.4) is 0 Å². The molecule has 0 saturated heterocycles. The summed E-state index contributed by atoms with van der Waals surface area (Å²) in [6.07, 6.45) is 10.7. The molecule has 0 saturated carbocycles. The van der Waals surface area contributed by atoms with E-state index in [1.54, 1.807) is 0 Å². The second-order valence-electron chi connectivity index (χ2n) is 15.5. The molecule has 3 nitrogen and oxygen atoms in total. The zero-order valence-corrected chi connectivity index (χ0v) is 35.6. The lowest BCUT2D eigenvalue weighted by molar-refractivity contribution is 1.18. The highest BCUT2D eigenvalue weighted by Gasteiger charge is 2.12. The highest BCUT2D eigenvalue weighted by atomic mass is 15.0. The lowest BCUT2D eigenvalue weighted by Crippen LogP contribution is -2.04. The molecule has 1 aromatic heterocycles. The van der Waals surface area contributed by atoms with Crippen LogP contribution < -0.4 is 0 Å². The van der Waals surface area contributed by atoms with Gasteiger partial charge in [0.2, 0.25) is 0 Å². The van der Waals surface area contributed by atoms with Gasteiger partial charge in [-0.25, -0.2) is 9.98 Å². The fourth-order valence-corrected chi connectivity index (χ4v) is 8.05. The molecule has 0 aliphatic heterocycles. The van der Waals surface area contributed by atoms with E-state index in [1.807, 2.05) is 49.4 Å². The number of hydrogen-bond acceptors (Lipinski definition) is 1. The van der Waals surface area contributed by atoms with Gasteiger partial charge >= 0.3 is 0 Å². The number of aliphatic imine (C=N–C) groups is 2. The van der Waals surface area contributed by atoms with Gasteiger partial charge in [0, 0.05) is 33.3 Å². The lowest BCUT2D eigenvalue weighted by Gasteiger charge is -2.09. The van der Waals surface area contributed by atoms with Gasteiger partial charge in [-0.3, -0.25) is 0 Å². The number of allylic oxidation sites excluding steroid dienone is 5. The van der Waals surface area contributed by atoms with Crippen LogP contribution in [-0.4, -0.2) is 16.1 Å². The van der Waals surface area contributed by atoms with Crippen molar-refractivity contribution in [3.8, 4) is 27.9 Å². The average Bonchev–Trinajstić information content (AvgIpc) is 3.69. The first-order valence-corrected chi connectivity index (χ1v) is 21.4. The maximum Gasteiger partial charge on any atom is 0.160 e. The summed E-state index contributed by atoms with van der Waals surface area (Å²) in [5.74, 6) is 0.621. The third-order valence-corrected chi connectivity index (χ3v) is 11.3. The number of rotatable bonds is 11. The molecule has 0 bridgehead atoms. The van der Waals surface area contributed by atoms with Crippen LogP contribution in [0.25, 0.3) is 67.1 Å². The number of benzene rings is 8. The summed E-state index contributed by atoms with van der Waals surface area (Å²) in [6.45, 7) is 8.45. The molecule has 0 unspecified atom stereocenters. The molecule has 8 aromatic carbocycles. The Kier molecular flexibility index (Phi) is 11.9. The van der Waals surface area contributed by atoms with E-state index < -0.39 is 0 Å². The van der Waals surface area contributed by atoms with Crippen LogP contribution >= 0.6 is 0 Å². The van der Waals surface area contributed by atoms with Gasteiger partial charge in [-0.15, -0.1) is 0 Å². The molecule has 0 N–H and O–H groups in total. The molecule has 0 aliphatic carbocycles. The van der Waals surface area contributed by atoms with Gasteiger partial charge in [-0.2, -0.15) is 0 Å². The van der Waals surface area contributed by atoms with E-state index in [9.17, 15) is 0 Å². The van der Waals surface area contributed by atoms with Crippen molar-refractivity contribution in [3.05, 3.63) is 265 Å². The highest BCUT2D eigenvalue weighted by Crippen LogP contribution is 2.32. The van der Waals surface area contributed by atoms with E-state index in [0.717, 1.165) is 67.0 Å². The van der Waals surface area contributed by atoms with Crippen molar-refractivity contribution in [3.63, 3.8) is 0 Å². The van der Waals surface area contributed by atoms with Crippen LogP contribution in [0.4, 0.5) is 0 Å². The molecule has 0 aliphatic rings. The second-order valence-corrected chi connectivity index (χ2v) is 15.5. The first-order chi connectivity index (χ1) is 31.0. The molecular formula is C60H47N3. The molecule has 302 valence electrons. The van der Waals surface area contributed by atoms with E-state index in [0.29, 0.717) is 11.5 Å². The Morgan fingerprint density at radius 1 is 0.492 bits per heavy atom. The summed E-state index contributed by atoms with van der Waals surface area (Å²) in [5, 5.41) is 2.54. The van der Waals surface area contributed by atoms with Crippen molar-refractivity contribution >= 4 is 50.7 Å². The summed E-state index contributed by atoms with van der Waals surface area (Å²) in [4.78, 5) is 10.1. The summed E-state index contributed by atoms with van der Waals surface area (Å²) in [5.41, 5.74) is 16.0. The van der Waals surface area contributed by atoms with Gasteiger partial charge in [0.1, 0.15) is 0 Å². The SMILES string of the molecule is C=C(N=C(N=C(C)c1ccc(-c2ccc(C(/C=C\C)=C/C=C/c3ccc(-n4c5ccccc5c5ccccc54)cc3)cc2)cc1)c1ccccc1)c1cccc(-c2ccccc2)c1. The van der Waals surface area contributed by atoms with Gasteiger partial charge in [-0.1, -0.05) is 213 Å². The molecule has 63 heavy (non-hydrogen) atoms. The Morgan fingerprint density at radius 3 is 1.67 bits per heavy atom. The third kappa shape index (κ3) is 9.00. The molecule has 0 amide bonds. The monoisotopic (exact) mass is 809 g/mol. The fraction of sp³-hybridized carbons (Fsp3) is 0.0333. The van der Waals surface area contributed by atoms with Crippen molar-refractivity contribution < 1.29 is 0 Å². The van der Waals surface area contributed by atoms with Crippen LogP contribution in [0.15, 0.2) is 247 Å². The van der Waals surface area contributed by atoms with E-state index in [1.165, 1.54) is 21.8 Å². The maximum atomic E-state index is 5.08. The van der Waals surface area contributed by atoms with Crippen LogP contribution in [0.2, 0.25) is 0 Å². The molecule has 0 radical (unpaired) electrons. The van der Waals surface area contributed by atoms with Gasteiger partial charge < -0.3 is 4.57 Å². The molecule has 0 spiro atoms. The zero-order chi connectivity index (χ0) is 43.0. The van der Waals surface area contributed by atoms with Gasteiger partial charge in [0.05, 0.1) is 16.7 Å². The topological polar surface area (TPSA) is 29.6 Å². The number of hydrogen-bond donors (Lipinski definition) is 0. The van der Waals surface area contributed by atoms with Crippen LogP contribution in [-0.2, 0) is 0 Å². The van der Waals surface area contributed by atoms with E-state index in [2.05, 4.69) is 212 Å². The van der Waals surface area contributed by atoms with Crippen molar-refractivity contribution in [2.45, 2.75) is 13.8 Å². The van der Waals surface area contributed by atoms with Crippen molar-refractivity contribution in [2.75, 3.05) is 0 Å². The summed E-state index contributed by atoms with van der Waals surface area (Å²) >= 11 is 0. The molecule has 0 atom stereocenters. The number of para-hydroxylation sites is 2. The van der Waals surface area contributed by atoms with Crippen LogP contribution in [0.5, 0.6) is 0 Å². The average molecular weight is 810 g/mol. The lowest BCUT2D eigenvalue weighted by atomic mass is 9.98. The minimum atomic E-state index is 0.621. The molecule has 9 rings (SSSR count). The van der Waals surface area contributed by atoms with Crippen molar-refractivity contribution in [2.24, 2.45) is 9.98 Å². The second kappa shape index (κ2) is 18.6. The number of aromatic nitrogens is 1. The molecule has 0 fully saturated rings. The fourth-order valence-electron chi connectivity index (χ4n) is 8.05. The van der Waals surface area contributed by atoms with E-state index in [-0.39, 0.29) is 0 Å². The van der Waals surface area contributed by atoms with Gasteiger partial charge in [0.25, 0.3) is 0 Å². The minimum Gasteiger partial charge on any atom is -0.309 e. The molecule has 1 heterocycles. The maximum absolute atomic E-state index is 5.08. The Labute approximate surface area is 370 Å². The zero-order valence-electron chi connectivity index (χ0n) is 35.6. The normalized spacial score (nSPS) is 12.5. The standard InChI is InChI=1S/C60H47N3/c1-4-17-47(23-15-18-45-30-40-55(41-31-45)63-58-28-13-11-26-56(58)57-27-12-14-29-59(57)63)49-36-38-51(39-37-49)50-34-32-46(33-35-50)43(2)61-60(52-21-9-6-10-22-52)62-44(3)53-24-16-25-54(42-53)48-19-7-5-8-20-48/h4-42H,3H2,1-2H3/b17-4-,18-15+,47-23+,61-43?,62-60?. The number of fused-ring (bicyclic) bond motifs is 3. The van der Waals surface area contributed by atoms with Crippen molar-refractivity contribution in [1.29, 1.82) is 0 Å². The quantitative estimate of drug-likeness (QED) is 0.0708. The molecular weight excluding hydrogens is 763 g/mol. The van der Waals surface area contributed by atoms with E-state index in [4.69, 9.17) is 9.98 Å². The number of nitrogens with zero attached hydrogens (tertiary/aromatic N) is 3. The number of amidine groups is 1. The van der Waals surface area contributed by atoms with Crippen molar-refractivity contribution in [1.82, 2.24) is 4.57 Å². The smallest absolute Gasteiger partial charge is 0.160 e. The third-order valence-electron chi connectivity index (χ3n) is 11.3.